The maximum absolute atomic E-state index is 12.8. The standard InChI is InChI=1S/C24H31N5O2/c1-5-28-17(3)20(16(2)27-28)13-14-24(30)26-22-7-6-8-23-21(22)15-25-29(23)18-9-11-19(31-4)12-10-18/h9-12,15,22H,5-8,13-14H2,1-4H3,(H,26,30). The Morgan fingerprint density at radius 2 is 2.03 bits per heavy atom. The first-order valence-electron chi connectivity index (χ1n) is 11.0. The molecule has 1 aliphatic carbocycles. The van der Waals surface area contributed by atoms with Gasteiger partial charge in [-0.25, -0.2) is 4.68 Å². The van der Waals surface area contributed by atoms with E-state index in [0.29, 0.717) is 12.8 Å². The second-order valence-electron chi connectivity index (χ2n) is 8.13. The Hall–Kier alpha value is -3.09. The lowest BCUT2D eigenvalue weighted by atomic mass is 9.92. The molecule has 1 N–H and O–H groups in total. The first-order chi connectivity index (χ1) is 15.0. The van der Waals surface area contributed by atoms with Gasteiger partial charge in [0.25, 0.3) is 0 Å². The second-order valence-corrected chi connectivity index (χ2v) is 8.13. The van der Waals surface area contributed by atoms with Crippen molar-refractivity contribution < 1.29 is 9.53 Å². The number of hydrogen-bond donors (Lipinski definition) is 1. The van der Waals surface area contributed by atoms with Crippen LogP contribution in [0.2, 0.25) is 0 Å². The fraction of sp³-hybridized carbons (Fsp3) is 0.458. The molecule has 0 aliphatic heterocycles. The lowest BCUT2D eigenvalue weighted by molar-refractivity contribution is -0.121. The van der Waals surface area contributed by atoms with Crippen molar-refractivity contribution in [3.05, 3.63) is 58.7 Å². The molecule has 1 atom stereocenters. The molecule has 0 saturated heterocycles. The second kappa shape index (κ2) is 8.96. The molecule has 0 radical (unpaired) electrons. The number of fused-ring (bicyclic) bond motifs is 1. The highest BCUT2D eigenvalue weighted by molar-refractivity contribution is 5.77. The van der Waals surface area contributed by atoms with Crippen LogP contribution in [0.25, 0.3) is 5.69 Å². The molecule has 7 heteroatoms. The third-order valence-electron chi connectivity index (χ3n) is 6.27. The van der Waals surface area contributed by atoms with Gasteiger partial charge >= 0.3 is 0 Å². The number of hydrogen-bond acceptors (Lipinski definition) is 4. The maximum Gasteiger partial charge on any atom is 0.220 e. The van der Waals surface area contributed by atoms with Gasteiger partial charge in [-0.15, -0.1) is 0 Å². The summed E-state index contributed by atoms with van der Waals surface area (Å²) in [5.41, 5.74) is 6.68. The summed E-state index contributed by atoms with van der Waals surface area (Å²) in [7, 11) is 1.66. The highest BCUT2D eigenvalue weighted by Gasteiger charge is 2.26. The third-order valence-corrected chi connectivity index (χ3v) is 6.27. The average molecular weight is 422 g/mol. The SMILES string of the molecule is CCn1nc(C)c(CCC(=O)NC2CCCc3c2cnn3-c2ccc(OC)cc2)c1C. The van der Waals surface area contributed by atoms with Crippen LogP contribution in [0.5, 0.6) is 5.75 Å². The van der Waals surface area contributed by atoms with Gasteiger partial charge < -0.3 is 10.1 Å². The number of ether oxygens (including phenoxy) is 1. The molecule has 1 aliphatic rings. The lowest BCUT2D eigenvalue weighted by Crippen LogP contribution is -2.31. The smallest absolute Gasteiger partial charge is 0.220 e. The van der Waals surface area contributed by atoms with E-state index in [1.165, 1.54) is 11.3 Å². The monoisotopic (exact) mass is 421 g/mol. The minimum atomic E-state index is 0.0174. The third kappa shape index (κ3) is 4.22. The van der Waals surface area contributed by atoms with Crippen LogP contribution in [-0.2, 0) is 24.2 Å². The first kappa shape index (κ1) is 21.2. The van der Waals surface area contributed by atoms with Gasteiger partial charge in [0.05, 0.1) is 30.7 Å². The zero-order valence-corrected chi connectivity index (χ0v) is 18.8. The predicted molar refractivity (Wildman–Crippen MR) is 120 cm³/mol. The number of carbonyl (C=O) groups excluding carboxylic acids is 1. The molecule has 0 saturated carbocycles. The molecular weight excluding hydrogens is 390 g/mol. The molecule has 0 fully saturated rings. The summed E-state index contributed by atoms with van der Waals surface area (Å²) in [5.74, 6) is 0.906. The molecule has 31 heavy (non-hydrogen) atoms. The van der Waals surface area contributed by atoms with Crippen molar-refractivity contribution in [3.8, 4) is 11.4 Å². The van der Waals surface area contributed by atoms with Gasteiger partial charge in [0.1, 0.15) is 5.75 Å². The number of aryl methyl sites for hydroxylation is 2. The molecule has 1 aromatic carbocycles. The summed E-state index contributed by atoms with van der Waals surface area (Å²) < 4.78 is 9.24. The van der Waals surface area contributed by atoms with Crippen LogP contribution in [-0.4, -0.2) is 32.6 Å². The van der Waals surface area contributed by atoms with E-state index in [1.807, 2.05) is 46.7 Å². The van der Waals surface area contributed by atoms with Crippen LogP contribution in [0.3, 0.4) is 0 Å². The molecule has 0 bridgehead atoms. The van der Waals surface area contributed by atoms with Crippen molar-refractivity contribution in [2.45, 2.75) is 65.5 Å². The number of nitrogens with one attached hydrogen (secondary N) is 1. The molecule has 2 heterocycles. The predicted octanol–water partition coefficient (Wildman–Crippen LogP) is 3.84. The largest absolute Gasteiger partial charge is 0.497 e. The highest BCUT2D eigenvalue weighted by Crippen LogP contribution is 2.31. The summed E-state index contributed by atoms with van der Waals surface area (Å²) in [5, 5.41) is 12.4. The van der Waals surface area contributed by atoms with Crippen molar-refractivity contribution in [1.29, 1.82) is 0 Å². The van der Waals surface area contributed by atoms with E-state index < -0.39 is 0 Å². The summed E-state index contributed by atoms with van der Waals surface area (Å²) in [6, 6.07) is 7.92. The Kier molecular flexibility index (Phi) is 6.11. The van der Waals surface area contributed by atoms with Crippen molar-refractivity contribution in [2.75, 3.05) is 7.11 Å². The van der Waals surface area contributed by atoms with Gasteiger partial charge in [0.2, 0.25) is 5.91 Å². The van der Waals surface area contributed by atoms with Gasteiger partial charge in [-0.3, -0.25) is 9.48 Å². The number of nitrogens with zero attached hydrogens (tertiary/aromatic N) is 4. The molecular formula is C24H31N5O2. The minimum Gasteiger partial charge on any atom is -0.497 e. The van der Waals surface area contributed by atoms with Crippen LogP contribution in [0.1, 0.15) is 60.4 Å². The topological polar surface area (TPSA) is 74.0 Å². The van der Waals surface area contributed by atoms with E-state index in [0.717, 1.165) is 54.2 Å². The molecule has 4 rings (SSSR count). The minimum absolute atomic E-state index is 0.0174. The van der Waals surface area contributed by atoms with Gasteiger partial charge in [-0.1, -0.05) is 0 Å². The summed E-state index contributed by atoms with van der Waals surface area (Å²) in [6.45, 7) is 7.04. The molecule has 1 amide bonds. The Morgan fingerprint density at radius 3 is 2.71 bits per heavy atom. The van der Waals surface area contributed by atoms with Crippen LogP contribution in [0, 0.1) is 13.8 Å². The molecule has 164 valence electrons. The zero-order chi connectivity index (χ0) is 22.0. The van der Waals surface area contributed by atoms with Crippen molar-refractivity contribution >= 4 is 5.91 Å². The van der Waals surface area contributed by atoms with Crippen molar-refractivity contribution in [2.24, 2.45) is 0 Å². The summed E-state index contributed by atoms with van der Waals surface area (Å²) in [6.07, 6.45) is 6.02. The number of benzene rings is 1. The maximum atomic E-state index is 12.8. The van der Waals surface area contributed by atoms with Crippen LogP contribution < -0.4 is 10.1 Å². The van der Waals surface area contributed by atoms with Gasteiger partial charge in [-0.05, 0) is 76.3 Å². The fourth-order valence-corrected chi connectivity index (χ4v) is 4.56. The molecule has 0 spiro atoms. The molecule has 3 aromatic rings. The van der Waals surface area contributed by atoms with Gasteiger partial charge in [0.15, 0.2) is 0 Å². The number of carbonyl (C=O) groups is 1. The molecule has 1 unspecified atom stereocenters. The Morgan fingerprint density at radius 1 is 1.26 bits per heavy atom. The molecule has 7 nitrogen and oxygen atoms in total. The Bertz CT molecular complexity index is 1060. The van der Waals surface area contributed by atoms with E-state index in [4.69, 9.17) is 4.74 Å². The van der Waals surface area contributed by atoms with Crippen LogP contribution in [0.15, 0.2) is 30.5 Å². The van der Waals surface area contributed by atoms with Crippen LogP contribution >= 0.6 is 0 Å². The molecule has 2 aromatic heterocycles. The van der Waals surface area contributed by atoms with Crippen molar-refractivity contribution in [3.63, 3.8) is 0 Å². The number of aromatic nitrogens is 4. The van der Waals surface area contributed by atoms with Crippen molar-refractivity contribution in [1.82, 2.24) is 24.9 Å². The van der Waals surface area contributed by atoms with E-state index in [-0.39, 0.29) is 11.9 Å². The van der Waals surface area contributed by atoms with E-state index >= 15 is 0 Å². The lowest BCUT2D eigenvalue weighted by Gasteiger charge is -2.24. The summed E-state index contributed by atoms with van der Waals surface area (Å²) >= 11 is 0. The van der Waals surface area contributed by atoms with Crippen LogP contribution in [0.4, 0.5) is 0 Å². The Labute approximate surface area is 183 Å². The quantitative estimate of drug-likeness (QED) is 0.629. The fourth-order valence-electron chi connectivity index (χ4n) is 4.56. The van der Waals surface area contributed by atoms with Gasteiger partial charge in [0, 0.05) is 29.9 Å². The summed E-state index contributed by atoms with van der Waals surface area (Å²) in [4.78, 5) is 12.8. The first-order valence-corrected chi connectivity index (χ1v) is 11.0. The highest BCUT2D eigenvalue weighted by atomic mass is 16.5. The number of amides is 1. The van der Waals surface area contributed by atoms with E-state index in [2.05, 4.69) is 29.4 Å². The number of methoxy groups -OCH3 is 1. The van der Waals surface area contributed by atoms with Gasteiger partial charge in [-0.2, -0.15) is 10.2 Å². The Balaban J connectivity index is 1.44. The normalized spacial score (nSPS) is 15.5. The average Bonchev–Trinajstić information content (AvgIpc) is 3.33. The number of rotatable bonds is 7. The van der Waals surface area contributed by atoms with E-state index in [9.17, 15) is 4.79 Å². The van der Waals surface area contributed by atoms with E-state index in [1.54, 1.807) is 7.11 Å². The zero-order valence-electron chi connectivity index (χ0n) is 18.8.